The molecular weight excluding hydrogens is 228 g/mol. The average Bonchev–Trinajstić information content (AvgIpc) is 3.16. The van der Waals surface area contributed by atoms with Gasteiger partial charge in [-0.1, -0.05) is 0 Å². The van der Waals surface area contributed by atoms with E-state index in [0.29, 0.717) is 17.7 Å². The van der Waals surface area contributed by atoms with Crippen LogP contribution >= 0.6 is 0 Å². The van der Waals surface area contributed by atoms with Crippen molar-refractivity contribution in [3.63, 3.8) is 0 Å². The predicted molar refractivity (Wildman–Crippen MR) is 68.5 cm³/mol. The Bertz CT molecular complexity index is 438. The van der Waals surface area contributed by atoms with Crippen molar-refractivity contribution < 1.29 is 4.79 Å². The summed E-state index contributed by atoms with van der Waals surface area (Å²) in [6.07, 6.45) is 6.32. The molecule has 5 nitrogen and oxygen atoms in total. The van der Waals surface area contributed by atoms with E-state index in [4.69, 9.17) is 0 Å². The molecule has 1 amide bonds. The SMILES string of the molecule is CNC1CCCN(C(=O)c2cnc(C3CC3)[nH]2)C1. The maximum atomic E-state index is 12.3. The lowest BCUT2D eigenvalue weighted by Gasteiger charge is -2.32. The molecule has 1 aliphatic carbocycles. The van der Waals surface area contributed by atoms with Gasteiger partial charge in [0.1, 0.15) is 11.5 Å². The van der Waals surface area contributed by atoms with Gasteiger partial charge in [0.25, 0.3) is 5.91 Å². The topological polar surface area (TPSA) is 61.0 Å². The van der Waals surface area contributed by atoms with Crippen molar-refractivity contribution in [2.24, 2.45) is 0 Å². The Morgan fingerprint density at radius 1 is 1.50 bits per heavy atom. The second-order valence-electron chi connectivity index (χ2n) is 5.34. The van der Waals surface area contributed by atoms with Crippen molar-refractivity contribution in [3.05, 3.63) is 17.7 Å². The van der Waals surface area contributed by atoms with Crippen molar-refractivity contribution in [3.8, 4) is 0 Å². The molecule has 1 saturated heterocycles. The van der Waals surface area contributed by atoms with Gasteiger partial charge in [0.2, 0.25) is 0 Å². The molecule has 1 aliphatic heterocycles. The second kappa shape index (κ2) is 4.72. The molecule has 0 radical (unpaired) electrons. The van der Waals surface area contributed by atoms with Crippen LogP contribution in [0.15, 0.2) is 6.20 Å². The van der Waals surface area contributed by atoms with Gasteiger partial charge in [0.15, 0.2) is 0 Å². The summed E-state index contributed by atoms with van der Waals surface area (Å²) in [5.41, 5.74) is 0.647. The van der Waals surface area contributed by atoms with Crippen LogP contribution in [0.25, 0.3) is 0 Å². The maximum absolute atomic E-state index is 12.3. The average molecular weight is 248 g/mol. The first-order valence-electron chi connectivity index (χ1n) is 6.79. The highest BCUT2D eigenvalue weighted by atomic mass is 16.2. The van der Waals surface area contributed by atoms with Crippen LogP contribution in [0.3, 0.4) is 0 Å². The number of carbonyl (C=O) groups excluding carboxylic acids is 1. The van der Waals surface area contributed by atoms with Crippen LogP contribution in [0.1, 0.15) is 47.9 Å². The molecule has 3 rings (SSSR count). The summed E-state index contributed by atoms with van der Waals surface area (Å²) in [5, 5.41) is 3.25. The molecule has 98 valence electrons. The van der Waals surface area contributed by atoms with Crippen LogP contribution in [0.4, 0.5) is 0 Å². The first-order chi connectivity index (χ1) is 8.78. The predicted octanol–water partition coefficient (Wildman–Crippen LogP) is 1.11. The summed E-state index contributed by atoms with van der Waals surface area (Å²) in [5.74, 6) is 1.65. The van der Waals surface area contributed by atoms with Gasteiger partial charge in [-0.2, -0.15) is 0 Å². The first kappa shape index (κ1) is 11.7. The molecule has 2 N–H and O–H groups in total. The Balaban J connectivity index is 1.68. The standard InChI is InChI=1S/C13H20N4O/c1-14-10-3-2-6-17(8-10)13(18)11-7-15-12(16-11)9-4-5-9/h7,9-10,14H,2-6,8H2,1H3,(H,15,16). The van der Waals surface area contributed by atoms with Gasteiger partial charge >= 0.3 is 0 Å². The molecule has 1 atom stereocenters. The van der Waals surface area contributed by atoms with Crippen molar-refractivity contribution in [2.45, 2.75) is 37.6 Å². The van der Waals surface area contributed by atoms with Crippen molar-refractivity contribution in [1.29, 1.82) is 0 Å². The van der Waals surface area contributed by atoms with E-state index in [1.54, 1.807) is 6.20 Å². The minimum atomic E-state index is 0.0920. The third kappa shape index (κ3) is 2.27. The van der Waals surface area contributed by atoms with Gasteiger partial charge < -0.3 is 15.2 Å². The van der Waals surface area contributed by atoms with E-state index in [1.807, 2.05) is 11.9 Å². The molecule has 18 heavy (non-hydrogen) atoms. The minimum absolute atomic E-state index is 0.0920. The number of hydrogen-bond donors (Lipinski definition) is 2. The number of piperidine rings is 1. The molecule has 1 saturated carbocycles. The molecule has 0 bridgehead atoms. The highest BCUT2D eigenvalue weighted by Gasteiger charge is 2.29. The molecule has 5 heteroatoms. The number of likely N-dealkylation sites (N-methyl/N-ethyl adjacent to an activating group) is 1. The van der Waals surface area contributed by atoms with E-state index in [2.05, 4.69) is 15.3 Å². The third-order valence-electron chi connectivity index (χ3n) is 3.91. The van der Waals surface area contributed by atoms with Crippen LogP contribution in [0.2, 0.25) is 0 Å². The van der Waals surface area contributed by atoms with Gasteiger partial charge in [-0.25, -0.2) is 4.98 Å². The number of amides is 1. The second-order valence-corrected chi connectivity index (χ2v) is 5.34. The summed E-state index contributed by atoms with van der Waals surface area (Å²) in [4.78, 5) is 21.8. The normalized spacial score (nSPS) is 24.3. The molecule has 2 fully saturated rings. The fraction of sp³-hybridized carbons (Fsp3) is 0.692. The van der Waals surface area contributed by atoms with Gasteiger partial charge in [-0.05, 0) is 32.7 Å². The number of rotatable bonds is 3. The number of nitrogens with one attached hydrogen (secondary N) is 2. The zero-order valence-corrected chi connectivity index (χ0v) is 10.8. The summed E-state index contributed by atoms with van der Waals surface area (Å²) in [6, 6.07) is 0.425. The minimum Gasteiger partial charge on any atom is -0.338 e. The van der Waals surface area contributed by atoms with Gasteiger partial charge in [0, 0.05) is 25.0 Å². The lowest BCUT2D eigenvalue weighted by Crippen LogP contribution is -2.47. The fourth-order valence-corrected chi connectivity index (χ4v) is 2.58. The van der Waals surface area contributed by atoms with Crippen LogP contribution in [0.5, 0.6) is 0 Å². The van der Waals surface area contributed by atoms with Crippen molar-refractivity contribution in [2.75, 3.05) is 20.1 Å². The zero-order valence-electron chi connectivity index (χ0n) is 10.8. The maximum Gasteiger partial charge on any atom is 0.271 e. The number of aromatic nitrogens is 2. The van der Waals surface area contributed by atoms with E-state index < -0.39 is 0 Å². The van der Waals surface area contributed by atoms with E-state index in [1.165, 1.54) is 12.8 Å². The van der Waals surface area contributed by atoms with E-state index in [0.717, 1.165) is 31.8 Å². The number of likely N-dealkylation sites (tertiary alicyclic amines) is 1. The number of H-pyrrole nitrogens is 1. The van der Waals surface area contributed by atoms with Gasteiger partial charge in [-0.15, -0.1) is 0 Å². The van der Waals surface area contributed by atoms with Crippen LogP contribution in [-0.4, -0.2) is 47.0 Å². The van der Waals surface area contributed by atoms with E-state index >= 15 is 0 Å². The zero-order chi connectivity index (χ0) is 12.5. The Hall–Kier alpha value is -1.36. The summed E-state index contributed by atoms with van der Waals surface area (Å²) in [6.45, 7) is 1.65. The number of nitrogens with zero attached hydrogens (tertiary/aromatic N) is 2. The highest BCUT2D eigenvalue weighted by Crippen LogP contribution is 2.38. The van der Waals surface area contributed by atoms with Gasteiger partial charge in [0.05, 0.1) is 6.20 Å². The lowest BCUT2D eigenvalue weighted by molar-refractivity contribution is 0.0692. The number of hydrogen-bond acceptors (Lipinski definition) is 3. The Morgan fingerprint density at radius 2 is 2.33 bits per heavy atom. The molecule has 2 heterocycles. The van der Waals surface area contributed by atoms with Crippen LogP contribution in [0, 0.1) is 0 Å². The van der Waals surface area contributed by atoms with Crippen LogP contribution < -0.4 is 5.32 Å². The Morgan fingerprint density at radius 3 is 3.06 bits per heavy atom. The molecule has 1 unspecified atom stereocenters. The summed E-state index contributed by atoms with van der Waals surface area (Å²) < 4.78 is 0. The Labute approximate surface area is 107 Å². The molecule has 0 aromatic carbocycles. The van der Waals surface area contributed by atoms with Crippen LogP contribution in [-0.2, 0) is 0 Å². The van der Waals surface area contributed by atoms with E-state index in [9.17, 15) is 4.79 Å². The molecule has 2 aliphatic rings. The molecule has 0 spiro atoms. The largest absolute Gasteiger partial charge is 0.338 e. The fourth-order valence-electron chi connectivity index (χ4n) is 2.58. The summed E-state index contributed by atoms with van der Waals surface area (Å²) >= 11 is 0. The van der Waals surface area contributed by atoms with Crippen molar-refractivity contribution in [1.82, 2.24) is 20.2 Å². The monoisotopic (exact) mass is 248 g/mol. The molecule has 1 aromatic rings. The van der Waals surface area contributed by atoms with E-state index in [-0.39, 0.29) is 5.91 Å². The Kier molecular flexibility index (Phi) is 3.07. The number of aromatic amines is 1. The highest BCUT2D eigenvalue weighted by molar-refractivity contribution is 5.92. The lowest BCUT2D eigenvalue weighted by atomic mass is 10.1. The number of carbonyl (C=O) groups is 1. The molecular formula is C13H20N4O. The van der Waals surface area contributed by atoms with Gasteiger partial charge in [-0.3, -0.25) is 4.79 Å². The number of imidazole rings is 1. The quantitative estimate of drug-likeness (QED) is 0.842. The van der Waals surface area contributed by atoms with Crippen molar-refractivity contribution >= 4 is 5.91 Å². The smallest absolute Gasteiger partial charge is 0.271 e. The summed E-state index contributed by atoms with van der Waals surface area (Å²) in [7, 11) is 1.96. The first-order valence-corrected chi connectivity index (χ1v) is 6.79. The molecule has 1 aromatic heterocycles. The third-order valence-corrected chi connectivity index (χ3v) is 3.91.